The maximum atomic E-state index is 13.5. The molecule has 1 aromatic carbocycles. The van der Waals surface area contributed by atoms with Crippen LogP contribution in [0.3, 0.4) is 0 Å². The van der Waals surface area contributed by atoms with Crippen LogP contribution in [0.4, 0.5) is 23.7 Å². The molecule has 6 nitrogen and oxygen atoms in total. The molecule has 10 heteroatoms. The Bertz CT molecular complexity index is 1260. The Labute approximate surface area is 206 Å². The highest BCUT2D eigenvalue weighted by Gasteiger charge is 2.34. The fourth-order valence-corrected chi connectivity index (χ4v) is 5.35. The third-order valence-corrected chi connectivity index (χ3v) is 7.09. The summed E-state index contributed by atoms with van der Waals surface area (Å²) in [5.74, 6) is 0. The minimum atomic E-state index is -4.56. The molecular weight excluding hydrogens is 479 g/mol. The van der Waals surface area contributed by atoms with Gasteiger partial charge in [0.25, 0.3) is 0 Å². The van der Waals surface area contributed by atoms with Crippen molar-refractivity contribution in [1.82, 2.24) is 19.8 Å². The lowest BCUT2D eigenvalue weighted by Gasteiger charge is -2.34. The molecular formula is C25H27ClF3N5O. The first-order chi connectivity index (χ1) is 16.7. The molecule has 1 saturated carbocycles. The van der Waals surface area contributed by atoms with Gasteiger partial charge in [-0.05, 0) is 67.5 Å². The molecule has 3 aromatic rings. The number of urea groups is 1. The lowest BCUT2D eigenvalue weighted by Crippen LogP contribution is -2.49. The topological polar surface area (TPSA) is 62.2 Å². The van der Waals surface area contributed by atoms with Crippen molar-refractivity contribution in [3.8, 4) is 0 Å². The smallest absolute Gasteiger partial charge is 0.382 e. The number of carbonyl (C=O) groups excluding carboxylic acids is 1. The zero-order valence-electron chi connectivity index (χ0n) is 19.3. The van der Waals surface area contributed by atoms with E-state index in [2.05, 4.69) is 28.0 Å². The van der Waals surface area contributed by atoms with Gasteiger partial charge in [0.05, 0.1) is 5.52 Å². The third kappa shape index (κ3) is 5.19. The molecule has 2 N–H and O–H groups in total. The van der Waals surface area contributed by atoms with Gasteiger partial charge in [-0.2, -0.15) is 13.2 Å². The number of amides is 2. The van der Waals surface area contributed by atoms with Crippen LogP contribution in [0.1, 0.15) is 42.5 Å². The Kier molecular flexibility index (Phi) is 6.29. The highest BCUT2D eigenvalue weighted by Crippen LogP contribution is 2.35. The average molecular weight is 506 g/mol. The minimum absolute atomic E-state index is 0.0512. The highest BCUT2D eigenvalue weighted by molar-refractivity contribution is 6.31. The van der Waals surface area contributed by atoms with Gasteiger partial charge in [-0.25, -0.2) is 9.78 Å². The first kappa shape index (κ1) is 23.8. The molecule has 2 aliphatic rings. The summed E-state index contributed by atoms with van der Waals surface area (Å²) < 4.78 is 42.4. The van der Waals surface area contributed by atoms with Gasteiger partial charge in [0, 0.05) is 60.7 Å². The number of anilines is 1. The molecule has 2 atom stereocenters. The number of carbonyl (C=O) groups is 1. The van der Waals surface area contributed by atoms with Crippen LogP contribution in [0, 0.1) is 0 Å². The van der Waals surface area contributed by atoms with E-state index in [-0.39, 0.29) is 23.6 Å². The Hall–Kier alpha value is -2.94. The van der Waals surface area contributed by atoms with Gasteiger partial charge in [0.1, 0.15) is 5.69 Å². The van der Waals surface area contributed by atoms with E-state index in [4.69, 9.17) is 11.6 Å². The number of aryl methyl sites for hydroxylation is 1. The lowest BCUT2D eigenvalue weighted by molar-refractivity contribution is -0.140. The molecule has 1 aliphatic carbocycles. The van der Waals surface area contributed by atoms with Crippen molar-refractivity contribution in [2.45, 2.75) is 56.9 Å². The van der Waals surface area contributed by atoms with Crippen molar-refractivity contribution in [3.05, 3.63) is 58.5 Å². The van der Waals surface area contributed by atoms with E-state index in [1.54, 1.807) is 6.07 Å². The predicted octanol–water partition coefficient (Wildman–Crippen LogP) is 5.74. The van der Waals surface area contributed by atoms with E-state index >= 15 is 0 Å². The van der Waals surface area contributed by atoms with Gasteiger partial charge in [0.2, 0.25) is 0 Å². The largest absolute Gasteiger partial charge is 0.433 e. The molecule has 0 bridgehead atoms. The molecule has 0 radical (unpaired) electrons. The van der Waals surface area contributed by atoms with Crippen LogP contribution in [-0.4, -0.2) is 39.1 Å². The summed E-state index contributed by atoms with van der Waals surface area (Å²) in [7, 11) is 1.98. The van der Waals surface area contributed by atoms with E-state index in [0.717, 1.165) is 31.7 Å². The Morgan fingerprint density at radius 3 is 2.71 bits per heavy atom. The maximum absolute atomic E-state index is 13.5. The number of pyridine rings is 1. The summed E-state index contributed by atoms with van der Waals surface area (Å²) in [6.45, 7) is 1.25. The van der Waals surface area contributed by atoms with Crippen LogP contribution in [-0.2, 0) is 26.2 Å². The number of fused-ring (bicyclic) bond motifs is 2. The number of aromatic nitrogens is 2. The number of nitrogens with zero attached hydrogens (tertiary/aromatic N) is 3. The van der Waals surface area contributed by atoms with Crippen LogP contribution in [0.5, 0.6) is 0 Å². The first-order valence-corrected chi connectivity index (χ1v) is 12.2. The maximum Gasteiger partial charge on any atom is 0.433 e. The second-order valence-electron chi connectivity index (χ2n) is 9.51. The molecule has 1 fully saturated rings. The number of alkyl halides is 3. The van der Waals surface area contributed by atoms with E-state index in [1.807, 2.05) is 16.5 Å². The number of halogens is 4. The third-order valence-electron chi connectivity index (χ3n) is 6.85. The fourth-order valence-electron chi connectivity index (χ4n) is 5.18. The number of rotatable bonds is 3. The molecule has 0 unspecified atom stereocenters. The first-order valence-electron chi connectivity index (χ1n) is 11.8. The summed E-state index contributed by atoms with van der Waals surface area (Å²) in [6, 6.07) is 5.48. The summed E-state index contributed by atoms with van der Waals surface area (Å²) >= 11 is 6.12. The monoisotopic (exact) mass is 505 g/mol. The average Bonchev–Trinajstić information content (AvgIpc) is 3.18. The summed E-state index contributed by atoms with van der Waals surface area (Å²) in [6.07, 6.45) is 3.56. The predicted molar refractivity (Wildman–Crippen MR) is 129 cm³/mol. The van der Waals surface area contributed by atoms with E-state index < -0.39 is 11.9 Å². The highest BCUT2D eigenvalue weighted by atomic mass is 35.5. The standard InChI is InChI=1S/C25H27ClF3N5O/c1-33-12-15-7-8-34(14-16(15)13-33)24(35)31-19-4-2-3-18(10-19)30-22-11-23(25(27,28)29)32-21-6-5-17(26)9-20(21)22/h5-6,9,11-13,18-19H,2-4,7-8,10,14H2,1H3,(H,30,32)(H,31,35)/t18-,19+/m0/s1. The van der Waals surface area contributed by atoms with Crippen molar-refractivity contribution in [3.63, 3.8) is 0 Å². The van der Waals surface area contributed by atoms with Gasteiger partial charge in [0.15, 0.2) is 0 Å². The van der Waals surface area contributed by atoms with Crippen molar-refractivity contribution in [2.24, 2.45) is 7.05 Å². The molecule has 0 spiro atoms. The minimum Gasteiger partial charge on any atom is -0.382 e. The van der Waals surface area contributed by atoms with Crippen molar-refractivity contribution in [2.75, 3.05) is 11.9 Å². The molecule has 0 saturated heterocycles. The van der Waals surface area contributed by atoms with Gasteiger partial charge in [-0.1, -0.05) is 11.6 Å². The van der Waals surface area contributed by atoms with Crippen molar-refractivity contribution in [1.29, 1.82) is 0 Å². The van der Waals surface area contributed by atoms with Gasteiger partial charge in [-0.15, -0.1) is 0 Å². The quantitative estimate of drug-likeness (QED) is 0.477. The van der Waals surface area contributed by atoms with Gasteiger partial charge in [-0.3, -0.25) is 0 Å². The zero-order chi connectivity index (χ0) is 24.7. The molecule has 186 valence electrons. The van der Waals surface area contributed by atoms with Crippen LogP contribution in [0.25, 0.3) is 10.9 Å². The second kappa shape index (κ2) is 9.26. The van der Waals surface area contributed by atoms with Crippen molar-refractivity contribution >= 4 is 34.2 Å². The number of benzene rings is 1. The normalized spacial score (nSPS) is 20.5. The summed E-state index contributed by atoms with van der Waals surface area (Å²) in [4.78, 5) is 18.6. The Morgan fingerprint density at radius 1 is 1.14 bits per heavy atom. The van der Waals surface area contributed by atoms with Crippen LogP contribution >= 0.6 is 11.6 Å². The Morgan fingerprint density at radius 2 is 1.91 bits per heavy atom. The zero-order valence-corrected chi connectivity index (χ0v) is 20.1. The molecule has 3 heterocycles. The number of nitrogens with one attached hydrogen (secondary N) is 2. The lowest BCUT2D eigenvalue weighted by atomic mass is 9.90. The summed E-state index contributed by atoms with van der Waals surface area (Å²) in [5, 5.41) is 7.42. The summed E-state index contributed by atoms with van der Waals surface area (Å²) in [5.41, 5.74) is 2.09. The molecule has 5 rings (SSSR count). The van der Waals surface area contributed by atoms with Gasteiger partial charge >= 0.3 is 12.2 Å². The van der Waals surface area contributed by atoms with Crippen LogP contribution < -0.4 is 10.6 Å². The van der Waals surface area contributed by atoms with E-state index in [1.165, 1.54) is 23.3 Å². The molecule has 35 heavy (non-hydrogen) atoms. The number of hydrogen-bond donors (Lipinski definition) is 2. The fraction of sp³-hybridized carbons (Fsp3) is 0.440. The second-order valence-corrected chi connectivity index (χ2v) is 9.95. The molecule has 1 aliphatic heterocycles. The van der Waals surface area contributed by atoms with Crippen molar-refractivity contribution < 1.29 is 18.0 Å². The molecule has 2 aromatic heterocycles. The SMILES string of the molecule is Cn1cc2c(c1)CN(C(=O)N[C@@H]1CCC[C@H](Nc3cc(C(F)(F)F)nc4ccc(Cl)cc34)C1)CC2. The molecule has 2 amide bonds. The van der Waals surface area contributed by atoms with Crippen LogP contribution in [0.15, 0.2) is 36.7 Å². The van der Waals surface area contributed by atoms with E-state index in [0.29, 0.717) is 35.6 Å². The number of hydrogen-bond acceptors (Lipinski definition) is 3. The van der Waals surface area contributed by atoms with Crippen LogP contribution in [0.2, 0.25) is 5.02 Å². The van der Waals surface area contributed by atoms with E-state index in [9.17, 15) is 18.0 Å². The van der Waals surface area contributed by atoms with Gasteiger partial charge < -0.3 is 20.1 Å². The Balaban J connectivity index is 1.28.